The van der Waals surface area contributed by atoms with Gasteiger partial charge in [-0.1, -0.05) is 30.3 Å². The van der Waals surface area contributed by atoms with E-state index in [1.54, 1.807) is 0 Å². The number of rotatable bonds is 4. The fourth-order valence-electron chi connectivity index (χ4n) is 2.89. The molecule has 1 aliphatic rings. The molecular formula is C15H22N2O. The van der Waals surface area contributed by atoms with Crippen LogP contribution in [0.1, 0.15) is 32.8 Å². The Kier molecular flexibility index (Phi) is 3.20. The van der Waals surface area contributed by atoms with Crippen LogP contribution in [0.4, 0.5) is 0 Å². The van der Waals surface area contributed by atoms with Crippen molar-refractivity contribution in [1.82, 2.24) is 4.90 Å². The molecule has 0 saturated heterocycles. The molecule has 0 aromatic heterocycles. The maximum atomic E-state index is 12.8. The number of nitrogens with two attached hydrogens (primary N) is 1. The molecule has 3 heteroatoms. The molecule has 1 saturated carbocycles. The molecule has 2 unspecified atom stereocenters. The lowest BCUT2D eigenvalue weighted by Crippen LogP contribution is -2.45. The van der Waals surface area contributed by atoms with Gasteiger partial charge < -0.3 is 10.6 Å². The predicted octanol–water partition coefficient (Wildman–Crippen LogP) is 1.91. The van der Waals surface area contributed by atoms with Crippen LogP contribution in [0.5, 0.6) is 0 Å². The highest BCUT2D eigenvalue weighted by molar-refractivity contribution is 5.94. The van der Waals surface area contributed by atoms with Crippen molar-refractivity contribution in [2.45, 2.75) is 38.1 Å². The van der Waals surface area contributed by atoms with E-state index in [0.29, 0.717) is 0 Å². The van der Waals surface area contributed by atoms with Gasteiger partial charge in [0.15, 0.2) is 0 Å². The van der Waals surface area contributed by atoms with Crippen LogP contribution >= 0.6 is 0 Å². The van der Waals surface area contributed by atoms with Crippen LogP contribution in [0.15, 0.2) is 30.3 Å². The third-order valence-electron chi connectivity index (χ3n) is 4.16. The molecule has 1 aromatic rings. The first-order valence-corrected chi connectivity index (χ1v) is 6.63. The van der Waals surface area contributed by atoms with Crippen LogP contribution < -0.4 is 5.73 Å². The van der Waals surface area contributed by atoms with E-state index in [1.807, 2.05) is 56.0 Å². The van der Waals surface area contributed by atoms with E-state index >= 15 is 0 Å². The molecule has 1 aromatic carbocycles. The van der Waals surface area contributed by atoms with Gasteiger partial charge in [0.05, 0.1) is 5.41 Å². The highest BCUT2D eigenvalue weighted by atomic mass is 16.2. The van der Waals surface area contributed by atoms with Crippen molar-refractivity contribution in [3.63, 3.8) is 0 Å². The summed E-state index contributed by atoms with van der Waals surface area (Å²) in [5.74, 6) is 0.170. The van der Waals surface area contributed by atoms with E-state index in [1.165, 1.54) is 0 Å². The van der Waals surface area contributed by atoms with Crippen molar-refractivity contribution in [2.24, 2.45) is 5.73 Å². The quantitative estimate of drug-likeness (QED) is 0.882. The maximum absolute atomic E-state index is 12.8. The number of nitrogens with zero attached hydrogens (tertiary/aromatic N) is 1. The minimum absolute atomic E-state index is 0.170. The lowest BCUT2D eigenvalue weighted by Gasteiger charge is -2.28. The molecule has 0 aliphatic heterocycles. The summed E-state index contributed by atoms with van der Waals surface area (Å²) >= 11 is 0. The molecule has 0 radical (unpaired) electrons. The fraction of sp³-hybridized carbons (Fsp3) is 0.533. The summed E-state index contributed by atoms with van der Waals surface area (Å²) in [6, 6.07) is 9.94. The van der Waals surface area contributed by atoms with Gasteiger partial charge in [0.2, 0.25) is 5.91 Å². The van der Waals surface area contributed by atoms with Gasteiger partial charge in [-0.15, -0.1) is 0 Å². The van der Waals surface area contributed by atoms with E-state index in [0.717, 1.165) is 25.1 Å². The van der Waals surface area contributed by atoms with Crippen LogP contribution in [0.3, 0.4) is 0 Å². The Hall–Kier alpha value is -1.35. The molecule has 1 amide bonds. The van der Waals surface area contributed by atoms with Gasteiger partial charge in [-0.2, -0.15) is 0 Å². The second-order valence-corrected chi connectivity index (χ2v) is 5.34. The molecule has 0 heterocycles. The van der Waals surface area contributed by atoms with E-state index in [-0.39, 0.29) is 5.91 Å². The average Bonchev–Trinajstić information content (AvgIpc) is 2.96. The smallest absolute Gasteiger partial charge is 0.235 e. The monoisotopic (exact) mass is 246 g/mol. The minimum Gasteiger partial charge on any atom is -0.342 e. The summed E-state index contributed by atoms with van der Waals surface area (Å²) in [5, 5.41) is 0. The lowest BCUT2D eigenvalue weighted by molar-refractivity contribution is -0.134. The van der Waals surface area contributed by atoms with Crippen molar-refractivity contribution >= 4 is 5.91 Å². The van der Waals surface area contributed by atoms with Crippen molar-refractivity contribution in [3.05, 3.63) is 35.9 Å². The molecule has 1 fully saturated rings. The minimum atomic E-state index is -0.514. The van der Waals surface area contributed by atoms with E-state index < -0.39 is 11.0 Å². The summed E-state index contributed by atoms with van der Waals surface area (Å²) in [6.07, 6.45) is 0.735. The molecule has 98 valence electrons. The normalized spacial score (nSPS) is 30.0. The van der Waals surface area contributed by atoms with Crippen LogP contribution in [0.2, 0.25) is 0 Å². The van der Waals surface area contributed by atoms with Gasteiger partial charge in [0, 0.05) is 18.6 Å². The summed E-state index contributed by atoms with van der Waals surface area (Å²) in [5.41, 5.74) is 6.39. The van der Waals surface area contributed by atoms with Gasteiger partial charge in [-0.05, 0) is 32.8 Å². The largest absolute Gasteiger partial charge is 0.342 e. The highest BCUT2D eigenvalue weighted by Crippen LogP contribution is 2.56. The Morgan fingerprint density at radius 3 is 2.17 bits per heavy atom. The Balaban J connectivity index is 2.39. The van der Waals surface area contributed by atoms with Crippen molar-refractivity contribution in [3.8, 4) is 0 Å². The third kappa shape index (κ3) is 1.74. The maximum Gasteiger partial charge on any atom is 0.235 e. The molecule has 2 rings (SSSR count). The first kappa shape index (κ1) is 13.1. The summed E-state index contributed by atoms with van der Waals surface area (Å²) in [4.78, 5) is 14.6. The Morgan fingerprint density at radius 2 is 1.78 bits per heavy atom. The van der Waals surface area contributed by atoms with Gasteiger partial charge in [-0.25, -0.2) is 0 Å². The van der Waals surface area contributed by atoms with E-state index in [4.69, 9.17) is 5.73 Å². The van der Waals surface area contributed by atoms with Gasteiger partial charge in [-0.3, -0.25) is 4.79 Å². The highest BCUT2D eigenvalue weighted by Gasteiger charge is 2.68. The van der Waals surface area contributed by atoms with Crippen molar-refractivity contribution in [1.29, 1.82) is 0 Å². The van der Waals surface area contributed by atoms with E-state index in [2.05, 4.69) is 0 Å². The summed E-state index contributed by atoms with van der Waals surface area (Å²) < 4.78 is 0. The van der Waals surface area contributed by atoms with Gasteiger partial charge >= 0.3 is 0 Å². The third-order valence-corrected chi connectivity index (χ3v) is 4.16. The predicted molar refractivity (Wildman–Crippen MR) is 73.3 cm³/mol. The zero-order valence-corrected chi connectivity index (χ0v) is 11.4. The molecule has 2 N–H and O–H groups in total. The molecule has 1 aliphatic carbocycles. The molecule has 0 bridgehead atoms. The fourth-order valence-corrected chi connectivity index (χ4v) is 2.89. The van der Waals surface area contributed by atoms with Crippen LogP contribution in [-0.4, -0.2) is 29.4 Å². The Morgan fingerprint density at radius 1 is 1.28 bits per heavy atom. The number of likely N-dealkylation sites (N-methyl/N-ethyl adjacent to an activating group) is 1. The number of amides is 1. The second-order valence-electron chi connectivity index (χ2n) is 5.34. The Bertz CT molecular complexity index is 437. The van der Waals surface area contributed by atoms with Crippen molar-refractivity contribution < 1.29 is 4.79 Å². The SMILES string of the molecule is CCN(CC)C(=O)C1(c2ccccc2)CC1(C)N. The van der Waals surface area contributed by atoms with Crippen LogP contribution in [-0.2, 0) is 10.2 Å². The molecule has 18 heavy (non-hydrogen) atoms. The van der Waals surface area contributed by atoms with Gasteiger partial charge in [0.25, 0.3) is 0 Å². The zero-order chi connectivity index (χ0) is 13.4. The first-order valence-electron chi connectivity index (χ1n) is 6.63. The number of carbonyl (C=O) groups excluding carboxylic acids is 1. The average molecular weight is 246 g/mol. The molecule has 2 atom stereocenters. The molecule has 3 nitrogen and oxygen atoms in total. The standard InChI is InChI=1S/C15H22N2O/c1-4-17(5-2)13(18)15(11-14(15,3)16)12-9-7-6-8-10-12/h6-10H,4-5,11,16H2,1-3H3. The first-order chi connectivity index (χ1) is 8.49. The number of hydrogen-bond acceptors (Lipinski definition) is 2. The summed E-state index contributed by atoms with van der Waals surface area (Å²) in [7, 11) is 0. The number of benzene rings is 1. The Labute approximate surface area is 109 Å². The zero-order valence-electron chi connectivity index (χ0n) is 11.4. The van der Waals surface area contributed by atoms with Crippen LogP contribution in [0.25, 0.3) is 0 Å². The number of hydrogen-bond donors (Lipinski definition) is 1. The van der Waals surface area contributed by atoms with Crippen LogP contribution in [0, 0.1) is 0 Å². The molecule has 0 spiro atoms. The van der Waals surface area contributed by atoms with E-state index in [9.17, 15) is 4.79 Å². The van der Waals surface area contributed by atoms with Crippen molar-refractivity contribution in [2.75, 3.05) is 13.1 Å². The number of carbonyl (C=O) groups is 1. The summed E-state index contributed by atoms with van der Waals surface area (Å²) in [6.45, 7) is 7.47. The second kappa shape index (κ2) is 4.39. The van der Waals surface area contributed by atoms with Gasteiger partial charge in [0.1, 0.15) is 0 Å². The lowest BCUT2D eigenvalue weighted by atomic mass is 9.89. The topological polar surface area (TPSA) is 46.3 Å². The molecular weight excluding hydrogens is 224 g/mol.